The lowest BCUT2D eigenvalue weighted by atomic mass is 10.1. The Morgan fingerprint density at radius 2 is 1.75 bits per heavy atom. The van der Waals surface area contributed by atoms with E-state index in [2.05, 4.69) is 48.1 Å². The smallest absolute Gasteiger partial charge is 0.133 e. The van der Waals surface area contributed by atoms with E-state index in [0.29, 0.717) is 0 Å². The molecule has 0 spiro atoms. The van der Waals surface area contributed by atoms with Gasteiger partial charge in [-0.3, -0.25) is 0 Å². The van der Waals surface area contributed by atoms with Crippen LogP contribution < -0.4 is 10.1 Å². The Balaban J connectivity index is 2.20. The Labute approximate surface area is 129 Å². The number of hydrogen-bond donors (Lipinski definition) is 1. The minimum absolute atomic E-state index is 0.0804. The van der Waals surface area contributed by atoms with E-state index < -0.39 is 0 Å². The summed E-state index contributed by atoms with van der Waals surface area (Å²) in [5, 5.41) is 3.49. The van der Waals surface area contributed by atoms with Crippen molar-refractivity contribution in [3.63, 3.8) is 0 Å². The van der Waals surface area contributed by atoms with Crippen molar-refractivity contribution < 1.29 is 4.74 Å². The maximum atomic E-state index is 5.99. The van der Waals surface area contributed by atoms with E-state index in [4.69, 9.17) is 4.74 Å². The minimum Gasteiger partial charge on any atom is -0.457 e. The molecule has 2 aromatic rings. The van der Waals surface area contributed by atoms with Gasteiger partial charge in [0.15, 0.2) is 0 Å². The molecular weight excluding hydrogens is 314 g/mol. The fourth-order valence-electron chi connectivity index (χ4n) is 1.75. The van der Waals surface area contributed by atoms with Crippen molar-refractivity contribution >= 4 is 15.9 Å². The zero-order valence-electron chi connectivity index (χ0n) is 12.1. The second kappa shape index (κ2) is 6.42. The summed E-state index contributed by atoms with van der Waals surface area (Å²) in [5.74, 6) is 1.73. The zero-order valence-corrected chi connectivity index (χ0v) is 13.7. The van der Waals surface area contributed by atoms with Crippen LogP contribution in [0, 0.1) is 0 Å². The molecule has 0 atom stereocenters. The van der Waals surface area contributed by atoms with E-state index in [1.807, 2.05) is 42.5 Å². The van der Waals surface area contributed by atoms with Crippen LogP contribution in [-0.2, 0) is 6.54 Å². The lowest BCUT2D eigenvalue weighted by Gasteiger charge is -2.21. The second-order valence-electron chi connectivity index (χ2n) is 5.77. The Hall–Kier alpha value is -1.32. The first-order valence-corrected chi connectivity index (χ1v) is 7.50. The first kappa shape index (κ1) is 15.1. The van der Waals surface area contributed by atoms with Gasteiger partial charge in [-0.15, -0.1) is 0 Å². The molecule has 0 aliphatic carbocycles. The highest BCUT2D eigenvalue weighted by Crippen LogP contribution is 2.28. The van der Waals surface area contributed by atoms with Crippen molar-refractivity contribution in [3.8, 4) is 11.5 Å². The molecule has 3 heteroatoms. The van der Waals surface area contributed by atoms with E-state index in [9.17, 15) is 0 Å². The molecule has 0 amide bonds. The zero-order chi connectivity index (χ0) is 14.6. The molecule has 2 rings (SSSR count). The molecule has 0 heterocycles. The molecule has 1 N–H and O–H groups in total. The summed E-state index contributed by atoms with van der Waals surface area (Å²) in [4.78, 5) is 0. The molecule has 0 aromatic heterocycles. The van der Waals surface area contributed by atoms with Gasteiger partial charge in [0.25, 0.3) is 0 Å². The fraction of sp³-hybridized carbons (Fsp3) is 0.294. The normalized spacial score (nSPS) is 11.4. The minimum atomic E-state index is 0.0804. The van der Waals surface area contributed by atoms with Gasteiger partial charge in [-0.1, -0.05) is 40.2 Å². The molecule has 106 valence electrons. The Kier molecular flexibility index (Phi) is 4.84. The van der Waals surface area contributed by atoms with Crippen LogP contribution >= 0.6 is 15.9 Å². The fourth-order valence-corrected chi connectivity index (χ4v) is 2.09. The summed E-state index contributed by atoms with van der Waals surface area (Å²) in [5.41, 5.74) is 1.23. The van der Waals surface area contributed by atoms with E-state index in [0.717, 1.165) is 28.1 Å². The van der Waals surface area contributed by atoms with Gasteiger partial charge in [0.1, 0.15) is 11.5 Å². The summed E-state index contributed by atoms with van der Waals surface area (Å²) in [6.07, 6.45) is 0. The third-order valence-corrected chi connectivity index (χ3v) is 3.30. The van der Waals surface area contributed by atoms with Crippen LogP contribution in [0.4, 0.5) is 0 Å². The van der Waals surface area contributed by atoms with Crippen LogP contribution in [-0.4, -0.2) is 5.54 Å². The first-order chi connectivity index (χ1) is 9.44. The highest BCUT2D eigenvalue weighted by atomic mass is 79.9. The number of nitrogens with one attached hydrogen (secondary N) is 1. The van der Waals surface area contributed by atoms with Crippen molar-refractivity contribution in [1.82, 2.24) is 5.32 Å². The maximum absolute atomic E-state index is 5.99. The molecule has 0 unspecified atom stereocenters. The topological polar surface area (TPSA) is 21.3 Å². The average Bonchev–Trinajstić information content (AvgIpc) is 2.38. The Bertz CT molecular complexity index is 561. The molecule has 20 heavy (non-hydrogen) atoms. The van der Waals surface area contributed by atoms with E-state index in [1.54, 1.807) is 0 Å². The Morgan fingerprint density at radius 1 is 1.05 bits per heavy atom. The highest BCUT2D eigenvalue weighted by Gasteiger charge is 2.11. The van der Waals surface area contributed by atoms with Gasteiger partial charge in [0, 0.05) is 22.1 Å². The molecule has 0 fully saturated rings. The molecule has 0 bridgehead atoms. The third kappa shape index (κ3) is 4.66. The monoisotopic (exact) mass is 333 g/mol. The summed E-state index contributed by atoms with van der Waals surface area (Å²) in [7, 11) is 0. The molecule has 0 aliphatic heterocycles. The van der Waals surface area contributed by atoms with Crippen LogP contribution in [0.25, 0.3) is 0 Å². The SMILES string of the molecule is CC(C)(C)NCc1ccc(Br)cc1Oc1ccccc1. The second-order valence-corrected chi connectivity index (χ2v) is 6.69. The number of rotatable bonds is 4. The van der Waals surface area contributed by atoms with Gasteiger partial charge in [0.05, 0.1) is 0 Å². The largest absolute Gasteiger partial charge is 0.457 e. The maximum Gasteiger partial charge on any atom is 0.133 e. The lowest BCUT2D eigenvalue weighted by molar-refractivity contribution is 0.414. The number of benzene rings is 2. The number of para-hydroxylation sites is 1. The van der Waals surface area contributed by atoms with E-state index in [-0.39, 0.29) is 5.54 Å². The lowest BCUT2D eigenvalue weighted by Crippen LogP contribution is -2.35. The number of halogens is 1. The van der Waals surface area contributed by atoms with Crippen molar-refractivity contribution in [2.45, 2.75) is 32.9 Å². The average molecular weight is 334 g/mol. The molecule has 2 nitrogen and oxygen atoms in total. The van der Waals surface area contributed by atoms with E-state index in [1.165, 1.54) is 0 Å². The van der Waals surface area contributed by atoms with E-state index >= 15 is 0 Å². The summed E-state index contributed by atoms with van der Waals surface area (Å²) in [6.45, 7) is 7.25. The summed E-state index contributed by atoms with van der Waals surface area (Å²) >= 11 is 3.50. The first-order valence-electron chi connectivity index (χ1n) is 6.70. The third-order valence-electron chi connectivity index (χ3n) is 2.81. The van der Waals surface area contributed by atoms with Crippen LogP contribution in [0.1, 0.15) is 26.3 Å². The van der Waals surface area contributed by atoms with Gasteiger partial charge >= 0.3 is 0 Å². The summed E-state index contributed by atoms with van der Waals surface area (Å²) in [6, 6.07) is 16.0. The van der Waals surface area contributed by atoms with Crippen molar-refractivity contribution in [2.75, 3.05) is 0 Å². The van der Waals surface area contributed by atoms with Gasteiger partial charge in [0.2, 0.25) is 0 Å². The molecule has 0 aliphatic rings. The van der Waals surface area contributed by atoms with Crippen molar-refractivity contribution in [1.29, 1.82) is 0 Å². The molecule has 0 saturated heterocycles. The molecular formula is C17H20BrNO. The van der Waals surface area contributed by atoms with Crippen molar-refractivity contribution in [2.24, 2.45) is 0 Å². The number of hydrogen-bond acceptors (Lipinski definition) is 2. The molecule has 0 radical (unpaired) electrons. The van der Waals surface area contributed by atoms with Crippen LogP contribution in [0.15, 0.2) is 53.0 Å². The van der Waals surface area contributed by atoms with Gasteiger partial charge in [-0.2, -0.15) is 0 Å². The number of ether oxygens (including phenoxy) is 1. The predicted molar refractivity (Wildman–Crippen MR) is 87.3 cm³/mol. The van der Waals surface area contributed by atoms with Crippen LogP contribution in [0.2, 0.25) is 0 Å². The van der Waals surface area contributed by atoms with Crippen LogP contribution in [0.3, 0.4) is 0 Å². The predicted octanol–water partition coefficient (Wildman–Crippen LogP) is 5.13. The van der Waals surface area contributed by atoms with Crippen molar-refractivity contribution in [3.05, 3.63) is 58.6 Å². The van der Waals surface area contributed by atoms with Gasteiger partial charge in [-0.05, 0) is 45.0 Å². The molecule has 2 aromatic carbocycles. The Morgan fingerprint density at radius 3 is 2.40 bits per heavy atom. The standard InChI is InChI=1S/C17H20BrNO/c1-17(2,3)19-12-13-9-10-14(18)11-16(13)20-15-7-5-4-6-8-15/h4-11,19H,12H2,1-3H3. The van der Waals surface area contributed by atoms with Gasteiger partial charge < -0.3 is 10.1 Å². The quantitative estimate of drug-likeness (QED) is 0.837. The van der Waals surface area contributed by atoms with Crippen LogP contribution in [0.5, 0.6) is 11.5 Å². The molecule has 0 saturated carbocycles. The highest BCUT2D eigenvalue weighted by molar-refractivity contribution is 9.10. The summed E-state index contributed by atoms with van der Waals surface area (Å²) < 4.78 is 7.00. The van der Waals surface area contributed by atoms with Gasteiger partial charge in [-0.25, -0.2) is 0 Å².